The number of non-ortho nitro benzene ring substituents is 1. The lowest BCUT2D eigenvalue weighted by molar-refractivity contribution is -0.384. The number of halogens is 1. The van der Waals surface area contributed by atoms with Crippen LogP contribution >= 0.6 is 11.6 Å². The van der Waals surface area contributed by atoms with Crippen LogP contribution in [0.25, 0.3) is 6.08 Å². The number of carbonyl (C=O) groups excluding carboxylic acids is 2. The summed E-state index contributed by atoms with van der Waals surface area (Å²) in [5, 5.41) is 26.1. The molecule has 3 aromatic rings. The summed E-state index contributed by atoms with van der Waals surface area (Å²) >= 11 is 6.07. The van der Waals surface area contributed by atoms with Gasteiger partial charge in [0.1, 0.15) is 17.4 Å². The normalized spacial score (nSPS) is 10.7. The average Bonchev–Trinajstić information content (AvgIpc) is 2.84. The summed E-state index contributed by atoms with van der Waals surface area (Å²) in [6.45, 7) is 1.53. The molecule has 0 spiro atoms. The molecule has 35 heavy (non-hydrogen) atoms. The van der Waals surface area contributed by atoms with Crippen LogP contribution in [0.3, 0.4) is 0 Å². The molecule has 3 rings (SSSR count). The maximum absolute atomic E-state index is 12.6. The van der Waals surface area contributed by atoms with Gasteiger partial charge in [0.2, 0.25) is 0 Å². The smallest absolute Gasteiger partial charge is 0.271 e. The molecule has 0 saturated heterocycles. The van der Waals surface area contributed by atoms with E-state index in [1.54, 1.807) is 42.5 Å². The Morgan fingerprint density at radius 1 is 1.09 bits per heavy atom. The van der Waals surface area contributed by atoms with E-state index in [9.17, 15) is 25.0 Å². The summed E-state index contributed by atoms with van der Waals surface area (Å²) in [4.78, 5) is 35.2. The predicted molar refractivity (Wildman–Crippen MR) is 132 cm³/mol. The van der Waals surface area contributed by atoms with Gasteiger partial charge in [-0.15, -0.1) is 0 Å². The zero-order valence-corrected chi connectivity index (χ0v) is 19.2. The predicted octanol–water partition coefficient (Wildman–Crippen LogP) is 5.12. The molecule has 3 aromatic carbocycles. The van der Waals surface area contributed by atoms with Crippen LogP contribution in [0.5, 0.6) is 5.75 Å². The third-order valence-electron chi connectivity index (χ3n) is 4.71. The van der Waals surface area contributed by atoms with Gasteiger partial charge in [-0.1, -0.05) is 41.9 Å². The third kappa shape index (κ3) is 6.90. The minimum absolute atomic E-state index is 0.169. The maximum Gasteiger partial charge on any atom is 0.271 e. The first-order valence-corrected chi connectivity index (χ1v) is 10.6. The standard InChI is InChI=1S/C25H19ClN4O5/c1-16-9-10-20(13-22(16)26)28-24(31)15-35-23-8-3-2-5-17(23)11-18(14-27)25(32)29-19-6-4-7-21(12-19)30(33)34/h2-13H,15H2,1H3,(H,28,31)(H,29,32)/b18-11-. The number of rotatable bonds is 8. The summed E-state index contributed by atoms with van der Waals surface area (Å²) in [6.07, 6.45) is 1.31. The second kappa shape index (κ2) is 11.4. The first kappa shape index (κ1) is 25.0. The number of nitrogens with zero attached hydrogens (tertiary/aromatic N) is 2. The van der Waals surface area contributed by atoms with Gasteiger partial charge in [0.15, 0.2) is 6.61 Å². The van der Waals surface area contributed by atoms with Crippen molar-refractivity contribution in [2.24, 2.45) is 0 Å². The third-order valence-corrected chi connectivity index (χ3v) is 5.12. The van der Waals surface area contributed by atoms with Gasteiger partial charge < -0.3 is 15.4 Å². The van der Waals surface area contributed by atoms with E-state index in [4.69, 9.17) is 16.3 Å². The number of nitriles is 1. The van der Waals surface area contributed by atoms with Crippen molar-refractivity contribution in [1.82, 2.24) is 0 Å². The molecule has 10 heteroatoms. The van der Waals surface area contributed by atoms with Crippen molar-refractivity contribution < 1.29 is 19.2 Å². The van der Waals surface area contributed by atoms with Gasteiger partial charge in [0, 0.05) is 34.1 Å². The molecule has 9 nitrogen and oxygen atoms in total. The van der Waals surface area contributed by atoms with Crippen LogP contribution in [0.15, 0.2) is 72.3 Å². The number of hydrogen-bond acceptors (Lipinski definition) is 6. The van der Waals surface area contributed by atoms with Crippen LogP contribution in [0.1, 0.15) is 11.1 Å². The molecule has 0 saturated carbocycles. The van der Waals surface area contributed by atoms with E-state index in [1.165, 1.54) is 30.3 Å². The van der Waals surface area contributed by atoms with Gasteiger partial charge in [0.25, 0.3) is 17.5 Å². The number of aryl methyl sites for hydroxylation is 1. The van der Waals surface area contributed by atoms with Crippen LogP contribution in [-0.4, -0.2) is 23.3 Å². The zero-order valence-electron chi connectivity index (χ0n) is 18.4. The molecule has 0 aliphatic carbocycles. The van der Waals surface area contributed by atoms with E-state index in [1.807, 2.05) is 13.0 Å². The summed E-state index contributed by atoms with van der Waals surface area (Å²) in [6, 6.07) is 18.9. The second-order valence-corrected chi connectivity index (χ2v) is 7.68. The van der Waals surface area contributed by atoms with Gasteiger partial charge in [0.05, 0.1) is 4.92 Å². The lowest BCUT2D eigenvalue weighted by Gasteiger charge is -2.11. The van der Waals surface area contributed by atoms with E-state index in [0.717, 1.165) is 5.56 Å². The lowest BCUT2D eigenvalue weighted by atomic mass is 10.1. The minimum Gasteiger partial charge on any atom is -0.483 e. The van der Waals surface area contributed by atoms with Crippen molar-refractivity contribution in [3.8, 4) is 11.8 Å². The molecule has 0 atom stereocenters. The highest BCUT2D eigenvalue weighted by atomic mass is 35.5. The Hall–Kier alpha value is -4.68. The molecule has 0 aliphatic heterocycles. The molecule has 0 aromatic heterocycles. The van der Waals surface area contributed by atoms with Gasteiger partial charge >= 0.3 is 0 Å². The van der Waals surface area contributed by atoms with Crippen LogP contribution in [0, 0.1) is 28.4 Å². The Kier molecular flexibility index (Phi) is 8.16. The molecule has 2 amide bonds. The number of anilines is 2. The maximum atomic E-state index is 12.6. The molecular formula is C25H19ClN4O5. The van der Waals surface area contributed by atoms with E-state index in [-0.39, 0.29) is 29.3 Å². The van der Waals surface area contributed by atoms with Gasteiger partial charge in [-0.05, 0) is 42.8 Å². The largest absolute Gasteiger partial charge is 0.483 e. The first-order chi connectivity index (χ1) is 16.8. The summed E-state index contributed by atoms with van der Waals surface area (Å²) in [7, 11) is 0. The number of nitro groups is 1. The fraction of sp³-hybridized carbons (Fsp3) is 0.0800. The fourth-order valence-electron chi connectivity index (χ4n) is 2.94. The molecule has 0 aliphatic rings. The van der Waals surface area contributed by atoms with Crippen molar-refractivity contribution in [1.29, 1.82) is 5.26 Å². The quantitative estimate of drug-likeness (QED) is 0.195. The fourth-order valence-corrected chi connectivity index (χ4v) is 3.12. The van der Waals surface area contributed by atoms with E-state index in [0.29, 0.717) is 16.3 Å². The monoisotopic (exact) mass is 490 g/mol. The highest BCUT2D eigenvalue weighted by Crippen LogP contribution is 2.23. The Bertz CT molecular complexity index is 1360. The summed E-state index contributed by atoms with van der Waals surface area (Å²) in [5.74, 6) is -0.898. The van der Waals surface area contributed by atoms with Crippen molar-refractivity contribution in [2.45, 2.75) is 6.92 Å². The summed E-state index contributed by atoms with van der Waals surface area (Å²) in [5.41, 5.74) is 1.50. The number of nitro benzene ring substituents is 1. The molecule has 0 heterocycles. The van der Waals surface area contributed by atoms with Gasteiger partial charge in [-0.3, -0.25) is 19.7 Å². The van der Waals surface area contributed by atoms with Crippen molar-refractivity contribution in [3.63, 3.8) is 0 Å². The Labute approximate surface area is 205 Å². The zero-order chi connectivity index (χ0) is 25.4. The highest BCUT2D eigenvalue weighted by Gasteiger charge is 2.14. The Balaban J connectivity index is 1.71. The number of para-hydroxylation sites is 1. The average molecular weight is 491 g/mol. The highest BCUT2D eigenvalue weighted by molar-refractivity contribution is 6.31. The molecule has 2 N–H and O–H groups in total. The van der Waals surface area contributed by atoms with Crippen LogP contribution < -0.4 is 15.4 Å². The summed E-state index contributed by atoms with van der Waals surface area (Å²) < 4.78 is 5.60. The number of amides is 2. The molecule has 0 radical (unpaired) electrons. The van der Waals surface area contributed by atoms with Gasteiger partial charge in [-0.25, -0.2) is 0 Å². The molecule has 0 fully saturated rings. The minimum atomic E-state index is -0.753. The molecule has 176 valence electrons. The molecule has 0 unspecified atom stereocenters. The first-order valence-electron chi connectivity index (χ1n) is 10.2. The van der Waals surface area contributed by atoms with Crippen molar-refractivity contribution >= 4 is 46.6 Å². The van der Waals surface area contributed by atoms with Crippen LogP contribution in [0.2, 0.25) is 5.02 Å². The van der Waals surface area contributed by atoms with Crippen molar-refractivity contribution in [3.05, 3.63) is 98.6 Å². The lowest BCUT2D eigenvalue weighted by Crippen LogP contribution is -2.20. The number of nitrogens with one attached hydrogen (secondary N) is 2. The molecular weight excluding hydrogens is 472 g/mol. The van der Waals surface area contributed by atoms with Crippen LogP contribution in [-0.2, 0) is 9.59 Å². The van der Waals surface area contributed by atoms with E-state index < -0.39 is 16.7 Å². The number of ether oxygens (including phenoxy) is 1. The SMILES string of the molecule is Cc1ccc(NC(=O)COc2ccccc2/C=C(/C#N)C(=O)Nc2cccc([N+](=O)[O-])c2)cc1Cl. The second-order valence-electron chi connectivity index (χ2n) is 7.27. The van der Waals surface area contributed by atoms with E-state index in [2.05, 4.69) is 10.6 Å². The number of benzene rings is 3. The molecule has 0 bridgehead atoms. The topological polar surface area (TPSA) is 134 Å². The van der Waals surface area contributed by atoms with Gasteiger partial charge in [-0.2, -0.15) is 5.26 Å². The van der Waals surface area contributed by atoms with E-state index >= 15 is 0 Å². The Morgan fingerprint density at radius 3 is 2.54 bits per heavy atom. The van der Waals surface area contributed by atoms with Crippen LogP contribution in [0.4, 0.5) is 17.1 Å². The van der Waals surface area contributed by atoms with Crippen molar-refractivity contribution in [2.75, 3.05) is 17.2 Å². The Morgan fingerprint density at radius 2 is 1.83 bits per heavy atom. The number of hydrogen-bond donors (Lipinski definition) is 2. The number of carbonyl (C=O) groups is 2.